The Morgan fingerprint density at radius 3 is 1.90 bits per heavy atom. The van der Waals surface area contributed by atoms with Crippen molar-refractivity contribution in [2.24, 2.45) is 22.2 Å². The van der Waals surface area contributed by atoms with Crippen LogP contribution in [0.15, 0.2) is 59.6 Å². The summed E-state index contributed by atoms with van der Waals surface area (Å²) in [4.78, 5) is 54.9. The third-order valence-electron chi connectivity index (χ3n) is 6.02. The van der Waals surface area contributed by atoms with Crippen molar-refractivity contribution in [1.29, 1.82) is 0 Å². The van der Waals surface area contributed by atoms with E-state index in [0.717, 1.165) is 0 Å². The average molecular weight is 572 g/mol. The van der Waals surface area contributed by atoms with Crippen LogP contribution in [-0.2, 0) is 32.0 Å². The van der Waals surface area contributed by atoms with Crippen LogP contribution >= 0.6 is 0 Å². The highest BCUT2D eigenvalue weighted by Crippen LogP contribution is 2.12. The van der Waals surface area contributed by atoms with E-state index in [-0.39, 0.29) is 43.9 Å². The van der Waals surface area contributed by atoms with E-state index < -0.39 is 54.5 Å². The molecule has 0 aliphatic carbocycles. The lowest BCUT2D eigenvalue weighted by atomic mass is 10.0. The van der Waals surface area contributed by atoms with Crippen LogP contribution < -0.4 is 33.2 Å². The molecule has 4 atom stereocenters. The summed E-state index contributed by atoms with van der Waals surface area (Å²) in [7, 11) is 0. The molecule has 2 aromatic rings. The average Bonchev–Trinajstić information content (AvgIpc) is 2.94. The number of nitrogens with two attached hydrogens (primary N) is 3. The van der Waals surface area contributed by atoms with Crippen LogP contribution in [0.1, 0.15) is 24.0 Å². The number of aliphatic imine (C=N–C) groups is 1. The lowest BCUT2D eigenvalue weighted by Gasteiger charge is -2.25. The van der Waals surface area contributed by atoms with Crippen molar-refractivity contribution in [1.82, 2.24) is 16.0 Å². The number of nitrogens with one attached hydrogen (secondary N) is 3. The zero-order valence-corrected chi connectivity index (χ0v) is 22.4. The molecule has 0 bridgehead atoms. The monoisotopic (exact) mass is 571 g/mol. The first-order valence-electron chi connectivity index (χ1n) is 12.9. The number of aliphatic hydroxyl groups is 1. The number of guanidine groups is 1. The number of carbonyl (C=O) groups excluding carboxylic acids is 3. The SMILES string of the molecule is NC(N)=NCCCC(NC(=O)C(Cc1ccc(O)cc1)NC(=O)C(N)CO)C(=O)NC(Cc1ccccc1)C(=O)O. The number of aliphatic carboxylic acids is 1. The van der Waals surface area contributed by atoms with Gasteiger partial charge in [0.2, 0.25) is 17.7 Å². The van der Waals surface area contributed by atoms with Crippen LogP contribution in [0.25, 0.3) is 0 Å². The highest BCUT2D eigenvalue weighted by molar-refractivity contribution is 5.94. The zero-order valence-electron chi connectivity index (χ0n) is 22.4. The van der Waals surface area contributed by atoms with Crippen molar-refractivity contribution in [2.45, 2.75) is 49.9 Å². The third kappa shape index (κ3) is 11.5. The summed E-state index contributed by atoms with van der Waals surface area (Å²) in [6.07, 6.45) is 0.276. The van der Waals surface area contributed by atoms with Crippen molar-refractivity contribution in [3.05, 3.63) is 65.7 Å². The number of aromatic hydroxyl groups is 1. The second kappa shape index (κ2) is 16.4. The van der Waals surface area contributed by atoms with Crippen molar-refractivity contribution < 1.29 is 34.5 Å². The molecule has 2 rings (SSSR count). The summed E-state index contributed by atoms with van der Waals surface area (Å²) >= 11 is 0. The Balaban J connectivity index is 2.26. The van der Waals surface area contributed by atoms with E-state index in [1.165, 1.54) is 12.1 Å². The molecule has 4 unspecified atom stereocenters. The van der Waals surface area contributed by atoms with Gasteiger partial charge in [-0.2, -0.15) is 0 Å². The lowest BCUT2D eigenvalue weighted by molar-refractivity contribution is -0.142. The van der Waals surface area contributed by atoms with E-state index in [0.29, 0.717) is 11.1 Å². The second-order valence-corrected chi connectivity index (χ2v) is 9.32. The number of rotatable bonds is 16. The van der Waals surface area contributed by atoms with E-state index in [2.05, 4.69) is 20.9 Å². The molecule has 0 aliphatic heterocycles. The first-order chi connectivity index (χ1) is 19.5. The Kier molecular flexibility index (Phi) is 13.0. The topological polar surface area (TPSA) is 255 Å². The van der Waals surface area contributed by atoms with E-state index in [1.807, 2.05) is 0 Å². The van der Waals surface area contributed by atoms with E-state index >= 15 is 0 Å². The number of phenols is 1. The molecule has 0 spiro atoms. The van der Waals surface area contributed by atoms with Crippen LogP contribution in [-0.4, -0.2) is 82.3 Å². The van der Waals surface area contributed by atoms with Crippen molar-refractivity contribution in [3.63, 3.8) is 0 Å². The molecule has 3 amide bonds. The quantitative estimate of drug-likeness (QED) is 0.0613. The van der Waals surface area contributed by atoms with Crippen LogP contribution in [0.5, 0.6) is 5.75 Å². The van der Waals surface area contributed by atoms with Crippen molar-refractivity contribution >= 4 is 29.7 Å². The third-order valence-corrected chi connectivity index (χ3v) is 6.02. The smallest absolute Gasteiger partial charge is 0.326 e. The molecule has 2 aromatic carbocycles. The second-order valence-electron chi connectivity index (χ2n) is 9.32. The van der Waals surface area contributed by atoms with Gasteiger partial charge < -0.3 is 48.5 Å². The summed E-state index contributed by atoms with van der Waals surface area (Å²) < 4.78 is 0. The number of phenolic OH excluding ortho intramolecular Hbond substituents is 1. The summed E-state index contributed by atoms with van der Waals surface area (Å²) in [5.74, 6) is -3.72. The number of carboxylic acid groups (broad SMARTS) is 1. The van der Waals surface area contributed by atoms with Gasteiger partial charge in [-0.3, -0.25) is 19.4 Å². The van der Waals surface area contributed by atoms with Gasteiger partial charge in [0.05, 0.1) is 6.61 Å². The summed E-state index contributed by atoms with van der Waals surface area (Å²) in [5.41, 5.74) is 17.6. The highest BCUT2D eigenvalue weighted by atomic mass is 16.4. The minimum atomic E-state index is -1.29. The fourth-order valence-corrected chi connectivity index (χ4v) is 3.81. The largest absolute Gasteiger partial charge is 0.508 e. The van der Waals surface area contributed by atoms with Gasteiger partial charge in [-0.25, -0.2) is 4.79 Å². The first kappa shape index (κ1) is 32.5. The Morgan fingerprint density at radius 1 is 0.780 bits per heavy atom. The Hall–Kier alpha value is -4.69. The van der Waals surface area contributed by atoms with Gasteiger partial charge in [-0.05, 0) is 36.1 Å². The Morgan fingerprint density at radius 2 is 1.32 bits per heavy atom. The zero-order chi connectivity index (χ0) is 30.4. The number of nitrogens with zero attached hydrogens (tertiary/aromatic N) is 1. The molecule has 14 heteroatoms. The predicted octanol–water partition coefficient (Wildman–Crippen LogP) is -1.91. The van der Waals surface area contributed by atoms with Crippen molar-refractivity contribution in [2.75, 3.05) is 13.2 Å². The van der Waals surface area contributed by atoms with Crippen LogP contribution in [0.3, 0.4) is 0 Å². The number of carbonyl (C=O) groups is 4. The molecule has 0 aliphatic rings. The van der Waals surface area contributed by atoms with Gasteiger partial charge in [-0.1, -0.05) is 42.5 Å². The number of aliphatic hydroxyl groups excluding tert-OH is 1. The minimum Gasteiger partial charge on any atom is -0.508 e. The maximum atomic E-state index is 13.4. The van der Waals surface area contributed by atoms with E-state index in [4.69, 9.17) is 17.2 Å². The Bertz CT molecular complexity index is 1190. The molecular weight excluding hydrogens is 534 g/mol. The van der Waals surface area contributed by atoms with Gasteiger partial charge in [0.15, 0.2) is 5.96 Å². The number of benzene rings is 2. The molecule has 0 saturated heterocycles. The molecule has 0 aromatic heterocycles. The van der Waals surface area contributed by atoms with Gasteiger partial charge in [-0.15, -0.1) is 0 Å². The molecule has 0 heterocycles. The number of hydrogen-bond acceptors (Lipinski definition) is 8. The van der Waals surface area contributed by atoms with Crippen LogP contribution in [0, 0.1) is 0 Å². The molecular formula is C27H37N7O7. The molecule has 0 radical (unpaired) electrons. The van der Waals surface area contributed by atoms with E-state index in [1.54, 1.807) is 42.5 Å². The fraction of sp³-hybridized carbons (Fsp3) is 0.370. The maximum Gasteiger partial charge on any atom is 0.326 e. The molecule has 41 heavy (non-hydrogen) atoms. The molecule has 12 N–H and O–H groups in total. The minimum absolute atomic E-state index is 0.00193. The summed E-state index contributed by atoms with van der Waals surface area (Å²) in [5, 5.41) is 36.1. The first-order valence-corrected chi connectivity index (χ1v) is 12.9. The normalized spacial score (nSPS) is 13.6. The van der Waals surface area contributed by atoms with Crippen LogP contribution in [0.4, 0.5) is 0 Å². The standard InChI is InChI=1S/C27H37N7O7/c28-19(15-35)23(37)33-21(13-17-8-10-18(36)11-9-17)25(39)32-20(7-4-12-31-27(29)30)24(38)34-22(26(40)41)14-16-5-2-1-3-6-16/h1-3,5-6,8-11,19-22,35-36H,4,7,12-15,28H2,(H,32,39)(H,33,37)(H,34,38)(H,40,41)(H4,29,30,31). The Labute approximate surface area is 237 Å². The highest BCUT2D eigenvalue weighted by Gasteiger charge is 2.30. The number of carboxylic acids is 1. The lowest BCUT2D eigenvalue weighted by Crippen LogP contribution is -2.58. The van der Waals surface area contributed by atoms with E-state index in [9.17, 15) is 34.5 Å². The summed E-state index contributed by atoms with van der Waals surface area (Å²) in [6.45, 7) is -0.513. The van der Waals surface area contributed by atoms with Gasteiger partial charge >= 0.3 is 5.97 Å². The fourth-order valence-electron chi connectivity index (χ4n) is 3.81. The van der Waals surface area contributed by atoms with Crippen molar-refractivity contribution in [3.8, 4) is 5.75 Å². The predicted molar refractivity (Wildman–Crippen MR) is 150 cm³/mol. The van der Waals surface area contributed by atoms with Gasteiger partial charge in [0, 0.05) is 19.4 Å². The summed E-state index contributed by atoms with van der Waals surface area (Å²) in [6, 6.07) is 9.63. The van der Waals surface area contributed by atoms with Gasteiger partial charge in [0.1, 0.15) is 29.9 Å². The molecule has 0 saturated carbocycles. The maximum absolute atomic E-state index is 13.4. The van der Waals surface area contributed by atoms with Gasteiger partial charge in [0.25, 0.3) is 0 Å². The number of amides is 3. The van der Waals surface area contributed by atoms with Crippen LogP contribution in [0.2, 0.25) is 0 Å². The molecule has 0 fully saturated rings. The molecule has 222 valence electrons. The molecule has 14 nitrogen and oxygen atoms in total. The number of hydrogen-bond donors (Lipinski definition) is 9.